The largest absolute Gasteiger partial charge is 0.437 e. The van der Waals surface area contributed by atoms with Crippen molar-refractivity contribution in [3.8, 4) is 0 Å². The lowest BCUT2D eigenvalue weighted by Gasteiger charge is -2.36. The van der Waals surface area contributed by atoms with Crippen molar-refractivity contribution in [1.82, 2.24) is 0 Å². The molecule has 0 fully saturated rings. The molecule has 2 nitrogen and oxygen atoms in total. The van der Waals surface area contributed by atoms with Gasteiger partial charge in [-0.2, -0.15) is 0 Å². The van der Waals surface area contributed by atoms with Crippen LogP contribution in [0.2, 0.25) is 32.2 Å². The average molecular weight is 389 g/mol. The maximum atomic E-state index is 6.82. The molecule has 0 amide bonds. The molecule has 2 aromatic carbocycles. The van der Waals surface area contributed by atoms with Crippen molar-refractivity contribution in [2.24, 2.45) is 0 Å². The molecule has 2 aromatic rings. The van der Waals surface area contributed by atoms with Crippen LogP contribution in [0.3, 0.4) is 0 Å². The van der Waals surface area contributed by atoms with Crippen molar-refractivity contribution < 1.29 is 8.23 Å². The van der Waals surface area contributed by atoms with E-state index in [9.17, 15) is 0 Å². The quantitative estimate of drug-likeness (QED) is 0.597. The van der Waals surface area contributed by atoms with Crippen LogP contribution in [-0.4, -0.2) is 25.9 Å². The summed E-state index contributed by atoms with van der Waals surface area (Å²) in [6.45, 7) is 11.4. The predicted molar refractivity (Wildman–Crippen MR) is 116 cm³/mol. The second-order valence-electron chi connectivity index (χ2n) is 7.68. The highest BCUT2D eigenvalue weighted by molar-refractivity contribution is 6.90. The zero-order valence-corrected chi connectivity index (χ0v) is 19.4. The van der Waals surface area contributed by atoms with Crippen LogP contribution in [0.1, 0.15) is 19.8 Å². The third-order valence-electron chi connectivity index (χ3n) is 4.26. The molecule has 136 valence electrons. The smallest absolute Gasteiger partial charge is 0.311 e. The molecule has 0 saturated heterocycles. The van der Waals surface area contributed by atoms with Crippen LogP contribution in [0.5, 0.6) is 0 Å². The Morgan fingerprint density at radius 1 is 0.800 bits per heavy atom. The van der Waals surface area contributed by atoms with Gasteiger partial charge in [-0.3, -0.25) is 0 Å². The van der Waals surface area contributed by atoms with E-state index in [0.717, 1.165) is 0 Å². The van der Waals surface area contributed by atoms with Gasteiger partial charge in [-0.05, 0) is 42.6 Å². The molecule has 2 rings (SSSR count). The van der Waals surface area contributed by atoms with E-state index < -0.39 is 25.9 Å². The first-order valence-corrected chi connectivity index (χ1v) is 16.9. The zero-order chi connectivity index (χ0) is 18.3. The van der Waals surface area contributed by atoms with Gasteiger partial charge in [0.2, 0.25) is 9.04 Å². The Balaban J connectivity index is 2.21. The lowest BCUT2D eigenvalue weighted by molar-refractivity contribution is 0.404. The van der Waals surface area contributed by atoms with Crippen molar-refractivity contribution in [3.05, 3.63) is 60.7 Å². The SMILES string of the molecule is CCCC[Si](C)(C)O[Si](C)(C)O[SiH](c1ccccc1)c1ccccc1. The normalized spacial score (nSPS) is 12.6. The van der Waals surface area contributed by atoms with Gasteiger partial charge in [0.15, 0.2) is 8.32 Å². The Morgan fingerprint density at radius 2 is 1.28 bits per heavy atom. The van der Waals surface area contributed by atoms with Gasteiger partial charge in [0.25, 0.3) is 0 Å². The first-order valence-electron chi connectivity index (χ1n) is 9.31. The average Bonchev–Trinajstić information content (AvgIpc) is 2.59. The maximum Gasteiger partial charge on any atom is 0.311 e. The topological polar surface area (TPSA) is 18.5 Å². The number of rotatable bonds is 9. The Kier molecular flexibility index (Phi) is 7.39. The highest BCUT2D eigenvalue weighted by atomic mass is 28.5. The fourth-order valence-corrected chi connectivity index (χ4v) is 15.7. The van der Waals surface area contributed by atoms with E-state index in [4.69, 9.17) is 8.23 Å². The molecule has 0 aliphatic heterocycles. The van der Waals surface area contributed by atoms with Crippen molar-refractivity contribution >= 4 is 36.3 Å². The number of hydrogen-bond acceptors (Lipinski definition) is 2. The van der Waals surface area contributed by atoms with Crippen LogP contribution in [-0.2, 0) is 8.23 Å². The summed E-state index contributed by atoms with van der Waals surface area (Å²) in [5.41, 5.74) is 0. The van der Waals surface area contributed by atoms with Gasteiger partial charge in [-0.25, -0.2) is 0 Å². The Labute approximate surface area is 157 Å². The first kappa shape index (κ1) is 20.3. The Morgan fingerprint density at radius 3 is 1.72 bits per heavy atom. The molecule has 25 heavy (non-hydrogen) atoms. The van der Waals surface area contributed by atoms with E-state index >= 15 is 0 Å². The summed E-state index contributed by atoms with van der Waals surface area (Å²) in [5, 5.41) is 2.65. The van der Waals surface area contributed by atoms with Crippen LogP contribution in [0.4, 0.5) is 0 Å². The highest BCUT2D eigenvalue weighted by Gasteiger charge is 2.37. The molecular formula is C20H32O2Si3. The summed E-state index contributed by atoms with van der Waals surface area (Å²) < 4.78 is 13.5. The molecule has 0 saturated carbocycles. The maximum absolute atomic E-state index is 6.82. The summed E-state index contributed by atoms with van der Waals surface area (Å²) in [6, 6.07) is 22.6. The summed E-state index contributed by atoms with van der Waals surface area (Å²) in [4.78, 5) is 0. The molecule has 0 aromatic heterocycles. The van der Waals surface area contributed by atoms with Crippen LogP contribution < -0.4 is 10.4 Å². The van der Waals surface area contributed by atoms with Crippen molar-refractivity contribution in [3.63, 3.8) is 0 Å². The van der Waals surface area contributed by atoms with E-state index in [1.165, 1.54) is 29.3 Å². The van der Waals surface area contributed by atoms with Gasteiger partial charge in [-0.15, -0.1) is 0 Å². The minimum absolute atomic E-state index is 1.21. The number of unbranched alkanes of at least 4 members (excludes halogenated alkanes) is 1. The van der Waals surface area contributed by atoms with E-state index in [2.05, 4.69) is 93.8 Å². The van der Waals surface area contributed by atoms with Gasteiger partial charge in [0.1, 0.15) is 0 Å². The predicted octanol–water partition coefficient (Wildman–Crippen LogP) is 4.26. The second kappa shape index (κ2) is 9.09. The van der Waals surface area contributed by atoms with E-state index in [0.29, 0.717) is 0 Å². The molecular weight excluding hydrogens is 356 g/mol. The Bertz CT molecular complexity index is 590. The summed E-state index contributed by atoms with van der Waals surface area (Å²) in [7, 11) is -5.60. The van der Waals surface area contributed by atoms with Gasteiger partial charge in [0, 0.05) is 0 Å². The van der Waals surface area contributed by atoms with Crippen molar-refractivity contribution in [2.45, 2.75) is 52.0 Å². The molecule has 5 heteroatoms. The van der Waals surface area contributed by atoms with Crippen LogP contribution in [0, 0.1) is 0 Å². The standard InChI is InChI=1S/C20H32O2Si3/c1-6-7-18-24(2,3)22-25(4,5)21-23(19-14-10-8-11-15-19)20-16-12-9-13-17-20/h8-17,23H,6-7,18H2,1-5H3. The van der Waals surface area contributed by atoms with Gasteiger partial charge in [0.05, 0.1) is 0 Å². The van der Waals surface area contributed by atoms with E-state index in [-0.39, 0.29) is 0 Å². The molecule has 0 atom stereocenters. The van der Waals surface area contributed by atoms with Crippen LogP contribution in [0.15, 0.2) is 60.7 Å². The fourth-order valence-electron chi connectivity index (χ4n) is 3.21. The van der Waals surface area contributed by atoms with E-state index in [1.807, 2.05) is 0 Å². The summed E-state index contributed by atoms with van der Waals surface area (Å²) in [5.74, 6) is 0. The first-order chi connectivity index (χ1) is 11.8. The third-order valence-corrected chi connectivity index (χ3v) is 15.2. The van der Waals surface area contributed by atoms with Crippen molar-refractivity contribution in [2.75, 3.05) is 0 Å². The van der Waals surface area contributed by atoms with Crippen molar-refractivity contribution in [1.29, 1.82) is 0 Å². The number of benzene rings is 2. The molecule has 0 radical (unpaired) electrons. The third kappa shape index (κ3) is 6.67. The Hall–Kier alpha value is -0.989. The summed E-state index contributed by atoms with van der Waals surface area (Å²) in [6.07, 6.45) is 2.48. The second-order valence-corrected chi connectivity index (χ2v) is 18.4. The highest BCUT2D eigenvalue weighted by Crippen LogP contribution is 2.22. The van der Waals surface area contributed by atoms with Gasteiger partial charge < -0.3 is 8.23 Å². The van der Waals surface area contributed by atoms with Gasteiger partial charge in [-0.1, -0.05) is 80.4 Å². The van der Waals surface area contributed by atoms with E-state index in [1.54, 1.807) is 0 Å². The van der Waals surface area contributed by atoms with Gasteiger partial charge >= 0.3 is 8.56 Å². The minimum atomic E-state index is -2.19. The zero-order valence-electron chi connectivity index (χ0n) is 16.3. The molecule has 0 aliphatic rings. The fraction of sp³-hybridized carbons (Fsp3) is 0.400. The lowest BCUT2D eigenvalue weighted by atomic mass is 10.4. The molecule has 0 heterocycles. The monoisotopic (exact) mass is 388 g/mol. The number of hydrogen-bond donors (Lipinski definition) is 0. The molecule has 0 aliphatic carbocycles. The van der Waals surface area contributed by atoms with Crippen LogP contribution in [0.25, 0.3) is 0 Å². The minimum Gasteiger partial charge on any atom is -0.437 e. The molecule has 0 bridgehead atoms. The lowest BCUT2D eigenvalue weighted by Crippen LogP contribution is -2.56. The molecule has 0 unspecified atom stereocenters. The molecule has 0 N–H and O–H groups in total. The summed E-state index contributed by atoms with van der Waals surface area (Å²) >= 11 is 0. The molecule has 0 spiro atoms. The van der Waals surface area contributed by atoms with Crippen LogP contribution >= 0.6 is 0 Å².